The van der Waals surface area contributed by atoms with Gasteiger partial charge in [-0.15, -0.1) is 0 Å². The number of rotatable bonds is 2. The minimum absolute atomic E-state index is 0.410. The molecule has 0 amide bonds. The van der Waals surface area contributed by atoms with Crippen LogP contribution in [0.5, 0.6) is 11.5 Å². The number of pyridine rings is 1. The molecule has 33 heavy (non-hydrogen) atoms. The van der Waals surface area contributed by atoms with Crippen molar-refractivity contribution >= 4 is 32.3 Å². The molecule has 0 spiro atoms. The first-order valence-corrected chi connectivity index (χ1v) is 11.3. The summed E-state index contributed by atoms with van der Waals surface area (Å²) in [5, 5.41) is 7.16. The smallest absolute Gasteiger partial charge is 0.231 e. The maximum Gasteiger partial charge on any atom is 0.231 e. The molecule has 0 unspecified atom stereocenters. The summed E-state index contributed by atoms with van der Waals surface area (Å²) in [7, 11) is 2.11. The van der Waals surface area contributed by atoms with E-state index in [9.17, 15) is 0 Å². The molecule has 6 rings (SSSR count). The fourth-order valence-electron chi connectivity index (χ4n) is 5.32. The van der Waals surface area contributed by atoms with E-state index in [1.54, 1.807) is 0 Å². The average molecular weight is 430 g/mol. The number of aryl methyl sites for hydroxylation is 2. The molecular weight excluding hydrogens is 404 g/mol. The van der Waals surface area contributed by atoms with E-state index in [4.69, 9.17) is 11.3 Å². The van der Waals surface area contributed by atoms with Crippen LogP contribution in [0.3, 0.4) is 0 Å². The summed E-state index contributed by atoms with van der Waals surface area (Å²) in [6.07, 6.45) is 2.88. The lowest BCUT2D eigenvalue weighted by Crippen LogP contribution is -2.31. The summed E-state index contributed by atoms with van der Waals surface area (Å²) < 4.78 is 8.79. The number of ether oxygens (including phenoxy) is 1. The predicted molar refractivity (Wildman–Crippen MR) is 135 cm³/mol. The maximum atomic E-state index is 7.51. The van der Waals surface area contributed by atoms with Crippen LogP contribution in [0.4, 0.5) is 0 Å². The zero-order chi connectivity index (χ0) is 22.9. The molecule has 3 nitrogen and oxygen atoms in total. The van der Waals surface area contributed by atoms with Crippen LogP contribution in [-0.4, -0.2) is 5.54 Å². The Labute approximate surface area is 193 Å². The van der Waals surface area contributed by atoms with Crippen LogP contribution in [0.2, 0.25) is 0 Å². The monoisotopic (exact) mass is 429 g/mol. The highest BCUT2D eigenvalue weighted by Gasteiger charge is 2.31. The number of fused-ring (bicyclic) bond motifs is 5. The lowest BCUT2D eigenvalue weighted by atomic mass is 9.89. The summed E-state index contributed by atoms with van der Waals surface area (Å²) in [5.74, 6) is 1.82. The SMILES string of the molecule is [C-]#[N+]C(C)(C)Cc1ccc2cc3c4c([n+](C)ccc4c2c1)-c1c(cc2ccccc2c1C)O3. The van der Waals surface area contributed by atoms with Crippen LogP contribution >= 0.6 is 0 Å². The van der Waals surface area contributed by atoms with Crippen molar-refractivity contribution in [3.05, 3.63) is 89.4 Å². The fourth-order valence-corrected chi connectivity index (χ4v) is 5.32. The zero-order valence-corrected chi connectivity index (χ0v) is 19.4. The summed E-state index contributed by atoms with van der Waals surface area (Å²) in [4.78, 5) is 3.81. The molecule has 0 N–H and O–H groups in total. The molecule has 4 aromatic carbocycles. The van der Waals surface area contributed by atoms with Gasteiger partial charge in [0.2, 0.25) is 11.2 Å². The maximum absolute atomic E-state index is 7.51. The first kappa shape index (κ1) is 19.8. The molecule has 0 fully saturated rings. The second-order valence-corrected chi connectivity index (χ2v) is 9.79. The van der Waals surface area contributed by atoms with Gasteiger partial charge in [0.15, 0.2) is 6.20 Å². The van der Waals surface area contributed by atoms with Gasteiger partial charge in [-0.3, -0.25) is 0 Å². The van der Waals surface area contributed by atoms with Crippen LogP contribution in [0.1, 0.15) is 25.0 Å². The highest BCUT2D eigenvalue weighted by atomic mass is 16.5. The third-order valence-corrected chi connectivity index (χ3v) is 6.93. The fraction of sp³-hybridized carbons (Fsp3) is 0.200. The molecule has 0 aliphatic carbocycles. The minimum Gasteiger partial charge on any atom is -0.456 e. The Morgan fingerprint density at radius 1 is 0.909 bits per heavy atom. The van der Waals surface area contributed by atoms with E-state index in [0.717, 1.165) is 28.7 Å². The Morgan fingerprint density at radius 2 is 1.67 bits per heavy atom. The van der Waals surface area contributed by atoms with Gasteiger partial charge in [-0.05, 0) is 51.7 Å². The standard InChI is InChI=1S/C30H25N2O/c1-18-22-9-7-6-8-20(22)15-25-27(18)29-28-23(12-13-32(29)5)24-14-19(17-30(2,3)31-4)10-11-21(24)16-26(28)33-25/h6-16H,17H2,1-3,5H3/q+1. The third kappa shape index (κ3) is 2.91. The van der Waals surface area contributed by atoms with Crippen molar-refractivity contribution in [3.63, 3.8) is 0 Å². The van der Waals surface area contributed by atoms with Gasteiger partial charge in [-0.1, -0.05) is 42.5 Å². The van der Waals surface area contributed by atoms with Crippen molar-refractivity contribution in [3.8, 4) is 22.8 Å². The van der Waals surface area contributed by atoms with E-state index in [2.05, 4.69) is 90.2 Å². The number of benzene rings is 4. The van der Waals surface area contributed by atoms with Crippen LogP contribution in [0, 0.1) is 13.5 Å². The molecule has 1 aliphatic rings. The molecule has 0 bridgehead atoms. The largest absolute Gasteiger partial charge is 0.456 e. The van der Waals surface area contributed by atoms with Crippen molar-refractivity contribution < 1.29 is 9.30 Å². The summed E-state index contributed by atoms with van der Waals surface area (Å²) in [5.41, 5.74) is 4.38. The van der Waals surface area contributed by atoms with Crippen molar-refractivity contribution in [2.24, 2.45) is 7.05 Å². The van der Waals surface area contributed by atoms with Gasteiger partial charge in [0.25, 0.3) is 0 Å². The molecule has 5 aromatic rings. The van der Waals surface area contributed by atoms with Crippen molar-refractivity contribution in [1.82, 2.24) is 0 Å². The van der Waals surface area contributed by atoms with Crippen molar-refractivity contribution in [2.75, 3.05) is 0 Å². The Morgan fingerprint density at radius 3 is 2.48 bits per heavy atom. The molecule has 0 saturated heterocycles. The number of hydrogen-bond acceptors (Lipinski definition) is 1. The van der Waals surface area contributed by atoms with Crippen LogP contribution in [-0.2, 0) is 13.5 Å². The van der Waals surface area contributed by atoms with E-state index >= 15 is 0 Å². The minimum atomic E-state index is -0.410. The van der Waals surface area contributed by atoms with Gasteiger partial charge in [0.05, 0.1) is 17.4 Å². The number of hydrogen-bond donors (Lipinski definition) is 0. The Bertz CT molecular complexity index is 1670. The van der Waals surface area contributed by atoms with E-state index in [-0.39, 0.29) is 0 Å². The highest BCUT2D eigenvalue weighted by molar-refractivity contribution is 6.16. The normalized spacial score (nSPS) is 12.6. The van der Waals surface area contributed by atoms with Crippen molar-refractivity contribution in [2.45, 2.75) is 32.7 Å². The van der Waals surface area contributed by atoms with Gasteiger partial charge < -0.3 is 9.58 Å². The van der Waals surface area contributed by atoms with E-state index in [0.29, 0.717) is 0 Å². The first-order valence-electron chi connectivity index (χ1n) is 11.3. The zero-order valence-electron chi connectivity index (χ0n) is 19.4. The van der Waals surface area contributed by atoms with Gasteiger partial charge in [-0.25, -0.2) is 11.1 Å². The molecule has 160 valence electrons. The second kappa shape index (κ2) is 6.80. The second-order valence-electron chi connectivity index (χ2n) is 9.79. The quantitative estimate of drug-likeness (QED) is 0.160. The van der Waals surface area contributed by atoms with Gasteiger partial charge in [0, 0.05) is 25.3 Å². The topological polar surface area (TPSA) is 17.5 Å². The Kier molecular flexibility index (Phi) is 4.07. The van der Waals surface area contributed by atoms with Crippen LogP contribution < -0.4 is 9.30 Å². The lowest BCUT2D eigenvalue weighted by molar-refractivity contribution is -0.659. The predicted octanol–water partition coefficient (Wildman–Crippen LogP) is 7.29. The van der Waals surface area contributed by atoms with Gasteiger partial charge >= 0.3 is 0 Å². The van der Waals surface area contributed by atoms with Gasteiger partial charge in [-0.2, -0.15) is 0 Å². The first-order chi connectivity index (χ1) is 15.9. The molecule has 0 saturated carbocycles. The summed E-state index contributed by atoms with van der Waals surface area (Å²) in [6, 6.07) is 21.6. The number of aromatic nitrogens is 1. The summed E-state index contributed by atoms with van der Waals surface area (Å²) >= 11 is 0. The van der Waals surface area contributed by atoms with E-state index in [1.807, 2.05) is 13.8 Å². The Hall–Kier alpha value is -3.90. The molecule has 0 atom stereocenters. The van der Waals surface area contributed by atoms with E-state index < -0.39 is 5.54 Å². The molecule has 3 heteroatoms. The van der Waals surface area contributed by atoms with Gasteiger partial charge in [0.1, 0.15) is 18.5 Å². The van der Waals surface area contributed by atoms with E-state index in [1.165, 1.54) is 43.9 Å². The summed E-state index contributed by atoms with van der Waals surface area (Å²) in [6.45, 7) is 13.7. The molecule has 0 radical (unpaired) electrons. The molecule has 1 aliphatic heterocycles. The highest BCUT2D eigenvalue weighted by Crippen LogP contribution is 2.49. The number of nitrogens with zero attached hydrogens (tertiary/aromatic N) is 2. The molecule has 1 aromatic heterocycles. The average Bonchev–Trinajstić information content (AvgIpc) is 2.80. The third-order valence-electron chi connectivity index (χ3n) is 6.93. The lowest BCUT2D eigenvalue weighted by Gasteiger charge is -2.23. The molecule has 2 heterocycles. The molecular formula is C30H25N2O+. The van der Waals surface area contributed by atoms with Crippen LogP contribution in [0.15, 0.2) is 66.9 Å². The Balaban J connectivity index is 1.69. The van der Waals surface area contributed by atoms with Crippen molar-refractivity contribution in [1.29, 1.82) is 0 Å². The van der Waals surface area contributed by atoms with Crippen LogP contribution in [0.25, 0.3) is 48.4 Å².